The van der Waals surface area contributed by atoms with Gasteiger partial charge in [-0.25, -0.2) is 9.67 Å². The maximum Gasteiger partial charge on any atom is 0.244 e. The molecule has 1 aromatic heterocycles. The van der Waals surface area contributed by atoms with Crippen LogP contribution in [-0.2, 0) is 11.2 Å². The molecule has 20 heavy (non-hydrogen) atoms. The summed E-state index contributed by atoms with van der Waals surface area (Å²) in [5.41, 5.74) is 1.02. The van der Waals surface area contributed by atoms with E-state index in [1.54, 1.807) is 6.92 Å². The van der Waals surface area contributed by atoms with Crippen LogP contribution >= 0.6 is 11.6 Å². The smallest absolute Gasteiger partial charge is 0.244 e. The first-order valence-corrected chi connectivity index (χ1v) is 6.83. The van der Waals surface area contributed by atoms with Crippen LogP contribution in [0.4, 0.5) is 0 Å². The summed E-state index contributed by atoms with van der Waals surface area (Å²) in [6.45, 7) is 3.74. The SMILES string of the molecule is C[C@H](C(=O)N[C@@H](C)Cc1ccccc1Cl)n1cncn1. The van der Waals surface area contributed by atoms with Crippen LogP contribution in [-0.4, -0.2) is 26.7 Å². The van der Waals surface area contributed by atoms with Crippen molar-refractivity contribution in [2.45, 2.75) is 32.4 Å². The number of halogens is 1. The molecule has 1 N–H and O–H groups in total. The van der Waals surface area contributed by atoms with E-state index in [4.69, 9.17) is 11.6 Å². The average Bonchev–Trinajstić information content (AvgIpc) is 2.94. The predicted octanol–water partition coefficient (Wildman–Crippen LogP) is 2.24. The van der Waals surface area contributed by atoms with Gasteiger partial charge in [-0.3, -0.25) is 4.79 Å². The molecule has 0 saturated heterocycles. The van der Waals surface area contributed by atoms with Crippen LogP contribution in [0, 0.1) is 0 Å². The molecular weight excluding hydrogens is 276 g/mol. The Bertz CT molecular complexity index is 570. The second kappa shape index (κ2) is 6.52. The van der Waals surface area contributed by atoms with Crippen molar-refractivity contribution in [2.24, 2.45) is 0 Å². The third-order valence-electron chi connectivity index (χ3n) is 3.09. The number of rotatable bonds is 5. The zero-order valence-corrected chi connectivity index (χ0v) is 12.2. The van der Waals surface area contributed by atoms with E-state index in [-0.39, 0.29) is 18.0 Å². The molecule has 0 saturated carbocycles. The van der Waals surface area contributed by atoms with E-state index in [0.717, 1.165) is 10.6 Å². The van der Waals surface area contributed by atoms with Gasteiger partial charge < -0.3 is 5.32 Å². The molecule has 0 bridgehead atoms. The minimum absolute atomic E-state index is 0.00614. The molecule has 0 radical (unpaired) electrons. The molecule has 0 fully saturated rings. The lowest BCUT2D eigenvalue weighted by Gasteiger charge is -2.18. The third kappa shape index (κ3) is 3.57. The van der Waals surface area contributed by atoms with Gasteiger partial charge >= 0.3 is 0 Å². The number of aromatic nitrogens is 3. The maximum absolute atomic E-state index is 12.1. The van der Waals surface area contributed by atoms with Crippen molar-refractivity contribution in [1.29, 1.82) is 0 Å². The summed E-state index contributed by atoms with van der Waals surface area (Å²) in [5, 5.41) is 7.64. The largest absolute Gasteiger partial charge is 0.351 e. The fourth-order valence-corrected chi connectivity index (χ4v) is 2.16. The third-order valence-corrected chi connectivity index (χ3v) is 3.45. The maximum atomic E-state index is 12.1. The average molecular weight is 293 g/mol. The number of carbonyl (C=O) groups excluding carboxylic acids is 1. The van der Waals surface area contributed by atoms with Crippen LogP contribution in [0.2, 0.25) is 5.02 Å². The monoisotopic (exact) mass is 292 g/mol. The fraction of sp³-hybridized carbons (Fsp3) is 0.357. The van der Waals surface area contributed by atoms with Gasteiger partial charge in [0, 0.05) is 11.1 Å². The van der Waals surface area contributed by atoms with E-state index in [9.17, 15) is 4.79 Å². The molecule has 1 aromatic carbocycles. The Kier molecular flexibility index (Phi) is 4.74. The highest BCUT2D eigenvalue weighted by Crippen LogP contribution is 2.16. The van der Waals surface area contributed by atoms with Gasteiger partial charge in [-0.2, -0.15) is 5.10 Å². The fourth-order valence-electron chi connectivity index (χ4n) is 1.95. The van der Waals surface area contributed by atoms with Gasteiger partial charge in [0.15, 0.2) is 0 Å². The van der Waals surface area contributed by atoms with Crippen molar-refractivity contribution >= 4 is 17.5 Å². The molecule has 0 aliphatic rings. The molecule has 5 nitrogen and oxygen atoms in total. The Balaban J connectivity index is 1.93. The van der Waals surface area contributed by atoms with E-state index < -0.39 is 0 Å². The molecule has 1 amide bonds. The Morgan fingerprint density at radius 1 is 1.40 bits per heavy atom. The van der Waals surface area contributed by atoms with E-state index in [0.29, 0.717) is 6.42 Å². The molecule has 2 rings (SSSR count). The normalized spacial score (nSPS) is 13.8. The van der Waals surface area contributed by atoms with Gasteiger partial charge in [-0.05, 0) is 31.9 Å². The second-order valence-electron chi connectivity index (χ2n) is 4.76. The number of hydrogen-bond acceptors (Lipinski definition) is 3. The summed E-state index contributed by atoms with van der Waals surface area (Å²) >= 11 is 6.11. The van der Waals surface area contributed by atoms with Gasteiger partial charge in [0.25, 0.3) is 0 Å². The van der Waals surface area contributed by atoms with Crippen LogP contribution in [0.3, 0.4) is 0 Å². The topological polar surface area (TPSA) is 59.8 Å². The lowest BCUT2D eigenvalue weighted by atomic mass is 10.1. The highest BCUT2D eigenvalue weighted by molar-refractivity contribution is 6.31. The van der Waals surface area contributed by atoms with E-state index in [1.807, 2.05) is 31.2 Å². The lowest BCUT2D eigenvalue weighted by Crippen LogP contribution is -2.38. The summed E-state index contributed by atoms with van der Waals surface area (Å²) in [6.07, 6.45) is 3.63. The first-order chi connectivity index (χ1) is 9.58. The summed E-state index contributed by atoms with van der Waals surface area (Å²) in [6, 6.07) is 7.25. The van der Waals surface area contributed by atoms with Crippen molar-refractivity contribution in [1.82, 2.24) is 20.1 Å². The molecular formula is C14H17ClN4O. The highest BCUT2D eigenvalue weighted by Gasteiger charge is 2.17. The molecule has 0 aliphatic heterocycles. The van der Waals surface area contributed by atoms with Crippen LogP contribution in [0.1, 0.15) is 25.5 Å². The van der Waals surface area contributed by atoms with Crippen molar-refractivity contribution in [3.05, 3.63) is 47.5 Å². The molecule has 0 spiro atoms. The Morgan fingerprint density at radius 2 is 2.15 bits per heavy atom. The number of benzene rings is 1. The first kappa shape index (κ1) is 14.5. The quantitative estimate of drug-likeness (QED) is 0.919. The van der Waals surface area contributed by atoms with Gasteiger partial charge in [-0.15, -0.1) is 0 Å². The second-order valence-corrected chi connectivity index (χ2v) is 5.16. The number of amides is 1. The van der Waals surface area contributed by atoms with Crippen molar-refractivity contribution in [3.8, 4) is 0 Å². The zero-order chi connectivity index (χ0) is 14.5. The summed E-state index contributed by atoms with van der Waals surface area (Å²) in [4.78, 5) is 15.9. The van der Waals surface area contributed by atoms with Crippen molar-refractivity contribution in [2.75, 3.05) is 0 Å². The van der Waals surface area contributed by atoms with E-state index in [1.165, 1.54) is 17.3 Å². The lowest BCUT2D eigenvalue weighted by molar-refractivity contribution is -0.124. The number of nitrogens with zero attached hydrogens (tertiary/aromatic N) is 3. The minimum Gasteiger partial charge on any atom is -0.351 e. The predicted molar refractivity (Wildman–Crippen MR) is 77.5 cm³/mol. The van der Waals surface area contributed by atoms with Gasteiger partial charge in [-0.1, -0.05) is 29.8 Å². The molecule has 106 valence electrons. The Morgan fingerprint density at radius 3 is 2.80 bits per heavy atom. The van der Waals surface area contributed by atoms with E-state index >= 15 is 0 Å². The van der Waals surface area contributed by atoms with Crippen LogP contribution in [0.15, 0.2) is 36.9 Å². The van der Waals surface area contributed by atoms with Gasteiger partial charge in [0.05, 0.1) is 0 Å². The number of carbonyl (C=O) groups is 1. The molecule has 2 atom stereocenters. The minimum atomic E-state index is -0.383. The summed E-state index contributed by atoms with van der Waals surface area (Å²) in [7, 11) is 0. The molecule has 1 heterocycles. The molecule has 2 aromatic rings. The number of nitrogens with one attached hydrogen (secondary N) is 1. The number of hydrogen-bond donors (Lipinski definition) is 1. The van der Waals surface area contributed by atoms with Crippen LogP contribution < -0.4 is 5.32 Å². The summed E-state index contributed by atoms with van der Waals surface area (Å²) < 4.78 is 1.53. The van der Waals surface area contributed by atoms with Crippen molar-refractivity contribution in [3.63, 3.8) is 0 Å². The van der Waals surface area contributed by atoms with E-state index in [2.05, 4.69) is 15.4 Å². The Labute approximate surface area is 123 Å². The Hall–Kier alpha value is -1.88. The first-order valence-electron chi connectivity index (χ1n) is 6.46. The van der Waals surface area contributed by atoms with Crippen LogP contribution in [0.25, 0.3) is 0 Å². The van der Waals surface area contributed by atoms with Crippen molar-refractivity contribution < 1.29 is 4.79 Å². The molecule has 6 heteroatoms. The van der Waals surface area contributed by atoms with Gasteiger partial charge in [0.1, 0.15) is 18.7 Å². The molecule has 0 unspecified atom stereocenters. The highest BCUT2D eigenvalue weighted by atomic mass is 35.5. The zero-order valence-electron chi connectivity index (χ0n) is 11.5. The summed E-state index contributed by atoms with van der Waals surface area (Å²) in [5.74, 6) is -0.0879. The van der Waals surface area contributed by atoms with Gasteiger partial charge in [0.2, 0.25) is 5.91 Å². The standard InChI is InChI=1S/C14H17ClN4O/c1-10(7-12-5-3-4-6-13(12)15)18-14(20)11(2)19-9-16-8-17-19/h3-6,8-11H,7H2,1-2H3,(H,18,20)/t10-,11+/m0/s1. The van der Waals surface area contributed by atoms with Crippen LogP contribution in [0.5, 0.6) is 0 Å². The molecule has 0 aliphatic carbocycles.